The highest BCUT2D eigenvalue weighted by molar-refractivity contribution is 7.87. The Morgan fingerprint density at radius 3 is 2.35 bits per heavy atom. The van der Waals surface area contributed by atoms with E-state index in [0.717, 1.165) is 24.0 Å². The predicted molar refractivity (Wildman–Crippen MR) is 92.2 cm³/mol. The first-order valence-corrected chi connectivity index (χ1v) is 9.42. The second kappa shape index (κ2) is 7.01. The van der Waals surface area contributed by atoms with Crippen molar-refractivity contribution >= 4 is 21.8 Å². The molecule has 1 aliphatic carbocycles. The van der Waals surface area contributed by atoms with E-state index in [2.05, 4.69) is 4.72 Å². The van der Waals surface area contributed by atoms with Crippen molar-refractivity contribution in [2.24, 2.45) is 0 Å². The standard InChI is InChI=1S/C17H19ClN2O2S/c18-17-9-5-4-8-15(17)13-20(16-10-11-16)23(21,22)19-12-14-6-2-1-3-7-14/h1-9,16,19H,10-13H2. The summed E-state index contributed by atoms with van der Waals surface area (Å²) in [6.45, 7) is 0.587. The van der Waals surface area contributed by atoms with Gasteiger partial charge in [-0.3, -0.25) is 0 Å². The smallest absolute Gasteiger partial charge is 0.198 e. The predicted octanol–water partition coefficient (Wildman–Crippen LogP) is 3.34. The van der Waals surface area contributed by atoms with Gasteiger partial charge in [-0.2, -0.15) is 17.4 Å². The van der Waals surface area contributed by atoms with Crippen LogP contribution in [0.15, 0.2) is 54.6 Å². The Morgan fingerprint density at radius 2 is 1.70 bits per heavy atom. The zero-order valence-corrected chi connectivity index (χ0v) is 14.2. The molecule has 2 aromatic carbocycles. The molecule has 122 valence electrons. The third-order valence-electron chi connectivity index (χ3n) is 3.85. The third kappa shape index (κ3) is 4.32. The minimum atomic E-state index is -3.55. The molecule has 0 atom stereocenters. The summed E-state index contributed by atoms with van der Waals surface area (Å²) in [7, 11) is -3.55. The molecule has 6 heteroatoms. The van der Waals surface area contributed by atoms with Crippen molar-refractivity contribution in [2.45, 2.75) is 32.0 Å². The van der Waals surface area contributed by atoms with Gasteiger partial charge in [-0.1, -0.05) is 60.1 Å². The lowest BCUT2D eigenvalue weighted by atomic mass is 10.2. The van der Waals surface area contributed by atoms with Crippen LogP contribution in [0.1, 0.15) is 24.0 Å². The minimum Gasteiger partial charge on any atom is -0.198 e. The van der Waals surface area contributed by atoms with Gasteiger partial charge in [-0.15, -0.1) is 0 Å². The molecule has 4 nitrogen and oxygen atoms in total. The summed E-state index contributed by atoms with van der Waals surface area (Å²) in [5.41, 5.74) is 1.76. The van der Waals surface area contributed by atoms with Crippen molar-refractivity contribution < 1.29 is 8.42 Å². The van der Waals surface area contributed by atoms with Crippen LogP contribution in [0.25, 0.3) is 0 Å². The number of rotatable bonds is 7. The summed E-state index contributed by atoms with van der Waals surface area (Å²) in [6.07, 6.45) is 1.80. The largest absolute Gasteiger partial charge is 0.280 e. The molecular formula is C17H19ClN2O2S. The number of nitrogens with zero attached hydrogens (tertiary/aromatic N) is 1. The molecule has 1 N–H and O–H groups in total. The van der Waals surface area contributed by atoms with Crippen molar-refractivity contribution in [2.75, 3.05) is 0 Å². The van der Waals surface area contributed by atoms with E-state index in [-0.39, 0.29) is 12.6 Å². The lowest BCUT2D eigenvalue weighted by Crippen LogP contribution is -2.41. The number of hydrogen-bond acceptors (Lipinski definition) is 2. The van der Waals surface area contributed by atoms with Gasteiger partial charge in [-0.25, -0.2) is 0 Å². The zero-order chi connectivity index (χ0) is 16.3. The molecule has 0 amide bonds. The van der Waals surface area contributed by atoms with Crippen LogP contribution < -0.4 is 4.72 Å². The molecule has 1 saturated carbocycles. The highest BCUT2D eigenvalue weighted by Gasteiger charge is 2.37. The van der Waals surface area contributed by atoms with E-state index in [1.165, 1.54) is 4.31 Å². The van der Waals surface area contributed by atoms with Crippen molar-refractivity contribution in [3.8, 4) is 0 Å². The molecule has 23 heavy (non-hydrogen) atoms. The highest BCUT2D eigenvalue weighted by Crippen LogP contribution is 2.31. The summed E-state index contributed by atoms with van der Waals surface area (Å²) in [6, 6.07) is 16.9. The maximum Gasteiger partial charge on any atom is 0.280 e. The minimum absolute atomic E-state index is 0.0690. The second-order valence-corrected chi connectivity index (χ2v) is 7.79. The fourth-order valence-corrected chi connectivity index (χ4v) is 4.04. The fraction of sp³-hybridized carbons (Fsp3) is 0.294. The van der Waals surface area contributed by atoms with E-state index in [4.69, 9.17) is 11.6 Å². The molecule has 0 radical (unpaired) electrons. The van der Waals surface area contributed by atoms with Gasteiger partial charge in [0.2, 0.25) is 0 Å². The molecule has 3 rings (SSSR count). The number of hydrogen-bond donors (Lipinski definition) is 1. The van der Waals surface area contributed by atoms with E-state index in [1.54, 1.807) is 6.07 Å². The van der Waals surface area contributed by atoms with E-state index in [9.17, 15) is 8.42 Å². The molecule has 0 aromatic heterocycles. The fourth-order valence-electron chi connectivity index (χ4n) is 2.42. The van der Waals surface area contributed by atoms with Crippen molar-refractivity contribution in [3.63, 3.8) is 0 Å². The first-order chi connectivity index (χ1) is 11.1. The number of halogens is 1. The van der Waals surface area contributed by atoms with Crippen LogP contribution in [0, 0.1) is 0 Å². The van der Waals surface area contributed by atoms with Gasteiger partial charge in [0.15, 0.2) is 0 Å². The first-order valence-electron chi connectivity index (χ1n) is 7.60. The molecule has 0 saturated heterocycles. The van der Waals surface area contributed by atoms with E-state index >= 15 is 0 Å². The Hall–Kier alpha value is -1.40. The zero-order valence-electron chi connectivity index (χ0n) is 12.7. The number of benzene rings is 2. The Labute approximate surface area is 142 Å². The summed E-state index contributed by atoms with van der Waals surface area (Å²) in [5.74, 6) is 0. The molecule has 0 aliphatic heterocycles. The third-order valence-corrected chi connectivity index (χ3v) is 5.77. The van der Waals surface area contributed by atoms with Crippen molar-refractivity contribution in [3.05, 3.63) is 70.7 Å². The average Bonchev–Trinajstić information content (AvgIpc) is 3.38. The topological polar surface area (TPSA) is 49.4 Å². The van der Waals surface area contributed by atoms with E-state index in [1.807, 2.05) is 48.5 Å². The van der Waals surface area contributed by atoms with Gasteiger partial charge in [0.1, 0.15) is 0 Å². The quantitative estimate of drug-likeness (QED) is 0.832. The van der Waals surface area contributed by atoms with Crippen LogP contribution in [0.5, 0.6) is 0 Å². The molecule has 0 spiro atoms. The van der Waals surface area contributed by atoms with Crippen molar-refractivity contribution in [1.82, 2.24) is 9.03 Å². The molecular weight excluding hydrogens is 332 g/mol. The summed E-state index contributed by atoms with van der Waals surface area (Å²) >= 11 is 6.17. The van der Waals surface area contributed by atoms with E-state index < -0.39 is 10.2 Å². The molecule has 1 fully saturated rings. The molecule has 0 heterocycles. The van der Waals surface area contributed by atoms with Gasteiger partial charge in [0.25, 0.3) is 10.2 Å². The summed E-state index contributed by atoms with van der Waals surface area (Å²) in [4.78, 5) is 0. The van der Waals surface area contributed by atoms with Gasteiger partial charge in [0.05, 0.1) is 0 Å². The first kappa shape index (κ1) is 16.5. The van der Waals surface area contributed by atoms with E-state index in [0.29, 0.717) is 11.6 Å². The van der Waals surface area contributed by atoms with Crippen molar-refractivity contribution in [1.29, 1.82) is 0 Å². The van der Waals surface area contributed by atoms with Crippen LogP contribution in [0.2, 0.25) is 5.02 Å². The van der Waals surface area contributed by atoms with Gasteiger partial charge in [-0.05, 0) is 30.0 Å². The lowest BCUT2D eigenvalue weighted by Gasteiger charge is -2.22. The summed E-state index contributed by atoms with van der Waals surface area (Å²) in [5, 5.41) is 0.594. The van der Waals surface area contributed by atoms with Gasteiger partial charge < -0.3 is 0 Å². The van der Waals surface area contributed by atoms with Gasteiger partial charge in [0, 0.05) is 24.2 Å². The Morgan fingerprint density at radius 1 is 1.04 bits per heavy atom. The maximum atomic E-state index is 12.7. The summed E-state index contributed by atoms with van der Waals surface area (Å²) < 4.78 is 29.6. The van der Waals surface area contributed by atoms with Crippen LogP contribution in [0.4, 0.5) is 0 Å². The molecule has 0 unspecified atom stereocenters. The lowest BCUT2D eigenvalue weighted by molar-refractivity contribution is 0.390. The maximum absolute atomic E-state index is 12.7. The van der Waals surface area contributed by atoms with Crippen LogP contribution >= 0.6 is 11.6 Å². The number of nitrogens with one attached hydrogen (secondary N) is 1. The average molecular weight is 351 g/mol. The van der Waals surface area contributed by atoms with Crippen LogP contribution in [-0.4, -0.2) is 18.8 Å². The Bertz CT molecular complexity index is 761. The highest BCUT2D eigenvalue weighted by atomic mass is 35.5. The van der Waals surface area contributed by atoms with Crippen LogP contribution in [-0.2, 0) is 23.3 Å². The van der Waals surface area contributed by atoms with Gasteiger partial charge >= 0.3 is 0 Å². The Kier molecular flexibility index (Phi) is 5.02. The monoisotopic (exact) mass is 350 g/mol. The Balaban J connectivity index is 1.73. The molecule has 0 bridgehead atoms. The molecule has 1 aliphatic rings. The normalized spacial score (nSPS) is 15.0. The van der Waals surface area contributed by atoms with Crippen LogP contribution in [0.3, 0.4) is 0 Å². The molecule has 2 aromatic rings. The second-order valence-electron chi connectivity index (χ2n) is 5.68. The SMILES string of the molecule is O=S(=O)(NCc1ccccc1)N(Cc1ccccc1Cl)C1CC1.